The Kier molecular flexibility index (Phi) is 3.76. The molecule has 2 aliphatic heterocycles. The first-order valence-corrected chi connectivity index (χ1v) is 7.43. The van der Waals surface area contributed by atoms with Crippen LogP contribution in [0.1, 0.15) is 25.3 Å². The van der Waals surface area contributed by atoms with Crippen LogP contribution in [0.5, 0.6) is 0 Å². The highest BCUT2D eigenvalue weighted by Crippen LogP contribution is 2.34. The molecule has 0 aliphatic carbocycles. The zero-order valence-corrected chi connectivity index (χ0v) is 11.7. The van der Waals surface area contributed by atoms with Crippen molar-refractivity contribution in [3.8, 4) is 0 Å². The molecule has 3 nitrogen and oxygen atoms in total. The summed E-state index contributed by atoms with van der Waals surface area (Å²) in [5, 5.41) is 0. The Labute approximate surface area is 115 Å². The van der Waals surface area contributed by atoms with Gasteiger partial charge in [0.2, 0.25) is 0 Å². The number of rotatable bonds is 3. The van der Waals surface area contributed by atoms with Crippen molar-refractivity contribution >= 4 is 5.69 Å². The van der Waals surface area contributed by atoms with Crippen LogP contribution in [0.15, 0.2) is 24.3 Å². The third-order valence-corrected chi connectivity index (χ3v) is 4.53. The van der Waals surface area contributed by atoms with Crippen molar-refractivity contribution in [1.82, 2.24) is 0 Å². The van der Waals surface area contributed by atoms with E-state index in [1.165, 1.54) is 24.1 Å². The van der Waals surface area contributed by atoms with Crippen molar-refractivity contribution in [2.24, 2.45) is 11.7 Å². The summed E-state index contributed by atoms with van der Waals surface area (Å²) in [6.07, 6.45) is 3.46. The van der Waals surface area contributed by atoms with Crippen molar-refractivity contribution in [3.63, 3.8) is 0 Å². The lowest BCUT2D eigenvalue weighted by molar-refractivity contribution is 0.0677. The van der Waals surface area contributed by atoms with E-state index in [2.05, 4.69) is 36.1 Å². The SMILES string of the molecule is CC(N)C1Cc2ccccc2N1CC1CCOCC1. The first-order chi connectivity index (χ1) is 9.25. The summed E-state index contributed by atoms with van der Waals surface area (Å²) in [5.74, 6) is 0.751. The molecule has 0 saturated carbocycles. The highest BCUT2D eigenvalue weighted by molar-refractivity contribution is 5.59. The Bertz CT molecular complexity index is 427. The zero-order chi connectivity index (χ0) is 13.2. The first-order valence-electron chi connectivity index (χ1n) is 7.43. The summed E-state index contributed by atoms with van der Waals surface area (Å²) in [4.78, 5) is 2.55. The Balaban J connectivity index is 1.79. The molecule has 3 rings (SSSR count). The van der Waals surface area contributed by atoms with Crippen LogP contribution >= 0.6 is 0 Å². The third-order valence-electron chi connectivity index (χ3n) is 4.53. The van der Waals surface area contributed by atoms with Gasteiger partial charge in [0.25, 0.3) is 0 Å². The molecule has 2 N–H and O–H groups in total. The summed E-state index contributed by atoms with van der Waals surface area (Å²) in [6.45, 7) is 5.10. The van der Waals surface area contributed by atoms with Gasteiger partial charge in [0.05, 0.1) is 0 Å². The molecule has 0 bridgehead atoms. The quantitative estimate of drug-likeness (QED) is 0.905. The number of nitrogens with zero attached hydrogens (tertiary/aromatic N) is 1. The molecule has 104 valence electrons. The number of benzene rings is 1. The average molecular weight is 260 g/mol. The fourth-order valence-corrected chi connectivity index (χ4v) is 3.39. The van der Waals surface area contributed by atoms with Gasteiger partial charge in [-0.3, -0.25) is 0 Å². The summed E-state index contributed by atoms with van der Waals surface area (Å²) in [7, 11) is 0. The van der Waals surface area contributed by atoms with Gasteiger partial charge in [-0.15, -0.1) is 0 Å². The second-order valence-corrected chi connectivity index (χ2v) is 5.97. The maximum Gasteiger partial charge on any atom is 0.0479 e. The van der Waals surface area contributed by atoms with Crippen molar-refractivity contribution in [1.29, 1.82) is 0 Å². The fraction of sp³-hybridized carbons (Fsp3) is 0.625. The molecule has 1 saturated heterocycles. The molecule has 2 unspecified atom stereocenters. The number of ether oxygens (including phenoxy) is 1. The van der Waals surface area contributed by atoms with Crippen molar-refractivity contribution < 1.29 is 4.74 Å². The number of hydrogen-bond donors (Lipinski definition) is 1. The highest BCUT2D eigenvalue weighted by Gasteiger charge is 2.32. The lowest BCUT2D eigenvalue weighted by Gasteiger charge is -2.34. The van der Waals surface area contributed by atoms with Crippen molar-refractivity contribution in [2.75, 3.05) is 24.7 Å². The molecule has 19 heavy (non-hydrogen) atoms. The molecular formula is C16H24N2O. The van der Waals surface area contributed by atoms with E-state index in [1.54, 1.807) is 0 Å². The van der Waals surface area contributed by atoms with Crippen LogP contribution in [-0.2, 0) is 11.2 Å². The average Bonchev–Trinajstić information content (AvgIpc) is 2.79. The van der Waals surface area contributed by atoms with Crippen LogP contribution in [0.3, 0.4) is 0 Å². The van der Waals surface area contributed by atoms with Crippen LogP contribution in [0.2, 0.25) is 0 Å². The largest absolute Gasteiger partial charge is 0.381 e. The molecule has 0 amide bonds. The van der Waals surface area contributed by atoms with E-state index in [-0.39, 0.29) is 6.04 Å². The maximum absolute atomic E-state index is 6.21. The summed E-state index contributed by atoms with van der Waals surface area (Å²) in [5.41, 5.74) is 9.06. The monoisotopic (exact) mass is 260 g/mol. The van der Waals surface area contributed by atoms with Gasteiger partial charge in [-0.2, -0.15) is 0 Å². The minimum atomic E-state index is 0.215. The molecular weight excluding hydrogens is 236 g/mol. The number of anilines is 1. The highest BCUT2D eigenvalue weighted by atomic mass is 16.5. The smallest absolute Gasteiger partial charge is 0.0479 e. The van der Waals surface area contributed by atoms with Gasteiger partial charge in [-0.25, -0.2) is 0 Å². The predicted molar refractivity (Wildman–Crippen MR) is 78.5 cm³/mol. The predicted octanol–water partition coefficient (Wildman–Crippen LogP) is 2.19. The molecule has 2 aliphatic rings. The van der Waals surface area contributed by atoms with Gasteiger partial charge < -0.3 is 15.4 Å². The van der Waals surface area contributed by atoms with Crippen LogP contribution < -0.4 is 10.6 Å². The van der Waals surface area contributed by atoms with E-state index in [0.717, 1.165) is 32.1 Å². The second-order valence-electron chi connectivity index (χ2n) is 5.97. The zero-order valence-electron chi connectivity index (χ0n) is 11.7. The van der Waals surface area contributed by atoms with Crippen LogP contribution in [0.4, 0.5) is 5.69 Å². The van der Waals surface area contributed by atoms with Crippen LogP contribution in [0.25, 0.3) is 0 Å². The molecule has 1 fully saturated rings. The lowest BCUT2D eigenvalue weighted by atomic mass is 9.98. The van der Waals surface area contributed by atoms with E-state index < -0.39 is 0 Å². The maximum atomic E-state index is 6.21. The van der Waals surface area contributed by atoms with Gasteiger partial charge in [0.15, 0.2) is 0 Å². The van der Waals surface area contributed by atoms with Gasteiger partial charge in [0, 0.05) is 37.5 Å². The van der Waals surface area contributed by atoms with E-state index >= 15 is 0 Å². The van der Waals surface area contributed by atoms with E-state index in [9.17, 15) is 0 Å². The fourth-order valence-electron chi connectivity index (χ4n) is 3.39. The summed E-state index contributed by atoms with van der Waals surface area (Å²) in [6, 6.07) is 9.44. The number of para-hydroxylation sites is 1. The first kappa shape index (κ1) is 12.9. The third kappa shape index (κ3) is 2.63. The molecule has 0 spiro atoms. The molecule has 2 atom stereocenters. The molecule has 2 heterocycles. The normalized spacial score (nSPS) is 25.4. The van der Waals surface area contributed by atoms with Gasteiger partial charge in [-0.1, -0.05) is 18.2 Å². The van der Waals surface area contributed by atoms with Gasteiger partial charge in [-0.05, 0) is 43.7 Å². The van der Waals surface area contributed by atoms with Crippen molar-refractivity contribution in [2.45, 2.75) is 38.3 Å². The van der Waals surface area contributed by atoms with Crippen LogP contribution in [-0.4, -0.2) is 31.8 Å². The number of nitrogens with two attached hydrogens (primary N) is 1. The topological polar surface area (TPSA) is 38.5 Å². The van der Waals surface area contributed by atoms with E-state index in [4.69, 9.17) is 10.5 Å². The molecule has 0 radical (unpaired) electrons. The lowest BCUT2D eigenvalue weighted by Crippen LogP contribution is -2.47. The van der Waals surface area contributed by atoms with E-state index in [1.807, 2.05) is 0 Å². The molecule has 1 aromatic carbocycles. The molecule has 0 aromatic heterocycles. The van der Waals surface area contributed by atoms with Gasteiger partial charge in [0.1, 0.15) is 0 Å². The standard InChI is InChI=1S/C16H24N2O/c1-12(17)16-10-14-4-2-3-5-15(14)18(16)11-13-6-8-19-9-7-13/h2-5,12-13,16H,6-11,17H2,1H3. The number of hydrogen-bond acceptors (Lipinski definition) is 3. The Morgan fingerprint density at radius 2 is 2.05 bits per heavy atom. The molecule has 3 heteroatoms. The Morgan fingerprint density at radius 1 is 1.32 bits per heavy atom. The Morgan fingerprint density at radius 3 is 2.79 bits per heavy atom. The second kappa shape index (κ2) is 5.51. The van der Waals surface area contributed by atoms with E-state index in [0.29, 0.717) is 6.04 Å². The Hall–Kier alpha value is -1.06. The summed E-state index contributed by atoms with van der Waals surface area (Å²) < 4.78 is 5.46. The van der Waals surface area contributed by atoms with Crippen LogP contribution in [0, 0.1) is 5.92 Å². The number of fused-ring (bicyclic) bond motifs is 1. The van der Waals surface area contributed by atoms with Crippen molar-refractivity contribution in [3.05, 3.63) is 29.8 Å². The van der Waals surface area contributed by atoms with Gasteiger partial charge >= 0.3 is 0 Å². The molecule has 1 aromatic rings. The summed E-state index contributed by atoms with van der Waals surface area (Å²) >= 11 is 0. The minimum Gasteiger partial charge on any atom is -0.381 e. The minimum absolute atomic E-state index is 0.215.